The summed E-state index contributed by atoms with van der Waals surface area (Å²) in [5.74, 6) is -0.307. The number of ether oxygens (including phenoxy) is 2. The normalized spacial score (nSPS) is 33.2. The Morgan fingerprint density at radius 2 is 1.38 bits per heavy atom. The fraction of sp³-hybridized carbons (Fsp3) is 0.700. The van der Waals surface area contributed by atoms with Crippen LogP contribution in [0, 0.1) is 23.7 Å². The number of carbonyl (C=O) groups excluding carboxylic acids is 2. The lowest BCUT2D eigenvalue weighted by atomic mass is 9.64. The van der Waals surface area contributed by atoms with Crippen LogP contribution in [0.4, 0.5) is 0 Å². The van der Waals surface area contributed by atoms with Crippen molar-refractivity contribution in [2.24, 2.45) is 23.7 Å². The molecule has 0 aliphatic heterocycles. The van der Waals surface area contributed by atoms with E-state index in [9.17, 15) is 9.59 Å². The number of carbonyl (C=O) groups is 2. The van der Waals surface area contributed by atoms with E-state index in [0.29, 0.717) is 35.3 Å². The minimum absolute atomic E-state index is 0.105. The summed E-state index contributed by atoms with van der Waals surface area (Å²) in [6, 6.07) is 0. The molecule has 0 aromatic carbocycles. The summed E-state index contributed by atoms with van der Waals surface area (Å²) in [4.78, 5) is 24.6. The predicted molar refractivity (Wildman–Crippen MR) is 90.8 cm³/mol. The van der Waals surface area contributed by atoms with Crippen molar-refractivity contribution in [3.63, 3.8) is 0 Å². The van der Waals surface area contributed by atoms with Crippen LogP contribution in [0.5, 0.6) is 0 Å². The zero-order valence-corrected chi connectivity index (χ0v) is 14.8. The van der Waals surface area contributed by atoms with Crippen molar-refractivity contribution >= 4 is 11.9 Å². The van der Waals surface area contributed by atoms with Gasteiger partial charge >= 0.3 is 11.9 Å². The summed E-state index contributed by atoms with van der Waals surface area (Å²) in [5.41, 5.74) is 0.672. The third-order valence-electron chi connectivity index (χ3n) is 6.13. The Kier molecular flexibility index (Phi) is 4.58. The maximum atomic E-state index is 12.3. The summed E-state index contributed by atoms with van der Waals surface area (Å²) in [5, 5.41) is 0. The van der Waals surface area contributed by atoms with Gasteiger partial charge in [-0.25, -0.2) is 9.59 Å². The van der Waals surface area contributed by atoms with Gasteiger partial charge in [-0.2, -0.15) is 0 Å². The molecule has 3 saturated carbocycles. The lowest BCUT2D eigenvalue weighted by Gasteiger charge is -2.43. The molecule has 3 aliphatic rings. The summed E-state index contributed by atoms with van der Waals surface area (Å²) >= 11 is 0. The molecule has 0 spiro atoms. The standard InChI is InChI=1S/C20H28O4/c1-12(2)18(21)23-20(24-19(22)13(3)4)11-15-9-5-7-14-8-6-10-16(20)17(14)15/h14-17H,1,3,5-11H2,2,4H3. The minimum atomic E-state index is -1.13. The average molecular weight is 332 g/mol. The third kappa shape index (κ3) is 2.91. The molecular formula is C20H28O4. The van der Waals surface area contributed by atoms with Crippen LogP contribution in [0.3, 0.4) is 0 Å². The molecule has 0 saturated heterocycles. The second-order valence-electron chi connectivity index (χ2n) is 7.92. The van der Waals surface area contributed by atoms with Gasteiger partial charge in [0.2, 0.25) is 0 Å². The van der Waals surface area contributed by atoms with Crippen LogP contribution in [-0.4, -0.2) is 17.7 Å². The summed E-state index contributed by atoms with van der Waals surface area (Å²) in [6.45, 7) is 10.6. The van der Waals surface area contributed by atoms with Crippen LogP contribution in [-0.2, 0) is 19.1 Å². The molecule has 3 aliphatic carbocycles. The first-order valence-electron chi connectivity index (χ1n) is 9.12. The second-order valence-corrected chi connectivity index (χ2v) is 7.92. The van der Waals surface area contributed by atoms with E-state index in [1.807, 2.05) is 0 Å². The quantitative estimate of drug-likeness (QED) is 0.441. The smallest absolute Gasteiger partial charge is 0.336 e. The molecule has 0 radical (unpaired) electrons. The van der Waals surface area contributed by atoms with E-state index in [2.05, 4.69) is 13.2 Å². The molecule has 0 aromatic rings. The van der Waals surface area contributed by atoms with Crippen molar-refractivity contribution in [3.8, 4) is 0 Å². The van der Waals surface area contributed by atoms with E-state index >= 15 is 0 Å². The van der Waals surface area contributed by atoms with Crippen LogP contribution >= 0.6 is 0 Å². The van der Waals surface area contributed by atoms with Crippen LogP contribution < -0.4 is 0 Å². The van der Waals surface area contributed by atoms with Crippen molar-refractivity contribution in [2.75, 3.05) is 0 Å². The average Bonchev–Trinajstić information content (AvgIpc) is 2.83. The number of esters is 2. The summed E-state index contributed by atoms with van der Waals surface area (Å²) in [6.07, 6.45) is 7.52. The molecule has 3 rings (SSSR count). The lowest BCUT2D eigenvalue weighted by Crippen LogP contribution is -2.47. The van der Waals surface area contributed by atoms with E-state index in [-0.39, 0.29) is 5.92 Å². The highest BCUT2D eigenvalue weighted by atomic mass is 16.7. The van der Waals surface area contributed by atoms with E-state index in [0.717, 1.165) is 19.3 Å². The first-order valence-corrected chi connectivity index (χ1v) is 9.12. The molecule has 3 fully saturated rings. The van der Waals surface area contributed by atoms with Crippen LogP contribution in [0.1, 0.15) is 58.8 Å². The van der Waals surface area contributed by atoms with Gasteiger partial charge in [0.15, 0.2) is 0 Å². The molecule has 0 amide bonds. The first-order chi connectivity index (χ1) is 11.3. The largest absolute Gasteiger partial charge is 0.419 e. The molecule has 4 nitrogen and oxygen atoms in total. The van der Waals surface area contributed by atoms with Gasteiger partial charge in [0.25, 0.3) is 5.79 Å². The van der Waals surface area contributed by atoms with Gasteiger partial charge in [0.1, 0.15) is 0 Å². The van der Waals surface area contributed by atoms with Gasteiger partial charge < -0.3 is 9.47 Å². The zero-order chi connectivity index (χ0) is 17.5. The van der Waals surface area contributed by atoms with Crippen LogP contribution in [0.2, 0.25) is 0 Å². The molecule has 4 unspecified atom stereocenters. The van der Waals surface area contributed by atoms with Crippen molar-refractivity contribution in [3.05, 3.63) is 24.3 Å². The van der Waals surface area contributed by atoms with Gasteiger partial charge in [-0.05, 0) is 44.4 Å². The van der Waals surface area contributed by atoms with E-state index < -0.39 is 17.7 Å². The fourth-order valence-electron chi connectivity index (χ4n) is 5.21. The number of hydrogen-bond donors (Lipinski definition) is 0. The second kappa shape index (κ2) is 6.38. The monoisotopic (exact) mass is 332 g/mol. The predicted octanol–water partition coefficient (Wildman–Crippen LogP) is 4.16. The lowest BCUT2D eigenvalue weighted by molar-refractivity contribution is -0.242. The summed E-state index contributed by atoms with van der Waals surface area (Å²) < 4.78 is 11.7. The van der Waals surface area contributed by atoms with Gasteiger partial charge in [0.05, 0.1) is 0 Å². The Morgan fingerprint density at radius 1 is 0.875 bits per heavy atom. The Bertz CT molecular complexity index is 546. The topological polar surface area (TPSA) is 52.6 Å². The van der Waals surface area contributed by atoms with Crippen molar-refractivity contribution in [1.82, 2.24) is 0 Å². The molecule has 24 heavy (non-hydrogen) atoms. The fourth-order valence-corrected chi connectivity index (χ4v) is 5.21. The Morgan fingerprint density at radius 3 is 1.92 bits per heavy atom. The minimum Gasteiger partial charge on any atom is -0.419 e. The molecule has 0 N–H and O–H groups in total. The highest BCUT2D eigenvalue weighted by Crippen LogP contribution is 2.60. The molecule has 4 heteroatoms. The van der Waals surface area contributed by atoms with Crippen LogP contribution in [0.15, 0.2) is 24.3 Å². The van der Waals surface area contributed by atoms with Crippen molar-refractivity contribution < 1.29 is 19.1 Å². The highest BCUT2D eigenvalue weighted by molar-refractivity contribution is 5.89. The molecule has 0 heterocycles. The maximum absolute atomic E-state index is 12.3. The van der Waals surface area contributed by atoms with Gasteiger partial charge in [-0.3, -0.25) is 0 Å². The number of hydrogen-bond acceptors (Lipinski definition) is 4. The third-order valence-corrected chi connectivity index (χ3v) is 6.13. The van der Waals surface area contributed by atoms with Gasteiger partial charge in [-0.1, -0.05) is 38.8 Å². The zero-order valence-electron chi connectivity index (χ0n) is 14.8. The molecular weight excluding hydrogens is 304 g/mol. The van der Waals surface area contributed by atoms with E-state index in [1.54, 1.807) is 13.8 Å². The van der Waals surface area contributed by atoms with Crippen molar-refractivity contribution in [2.45, 2.75) is 64.6 Å². The molecule has 0 aromatic heterocycles. The SMILES string of the molecule is C=C(C)C(=O)OC1(OC(=O)C(=C)C)CC2CCCC3CCCC1C32. The Labute approximate surface area is 144 Å². The molecule has 4 atom stereocenters. The van der Waals surface area contributed by atoms with E-state index in [1.165, 1.54) is 19.3 Å². The Balaban J connectivity index is 1.94. The van der Waals surface area contributed by atoms with Crippen molar-refractivity contribution in [1.29, 1.82) is 0 Å². The maximum Gasteiger partial charge on any atom is 0.336 e. The first kappa shape index (κ1) is 17.2. The molecule has 132 valence electrons. The van der Waals surface area contributed by atoms with Crippen LogP contribution in [0.25, 0.3) is 0 Å². The number of rotatable bonds is 4. The molecule has 0 bridgehead atoms. The summed E-state index contributed by atoms with van der Waals surface area (Å²) in [7, 11) is 0. The van der Waals surface area contributed by atoms with Gasteiger partial charge in [0, 0.05) is 23.5 Å². The van der Waals surface area contributed by atoms with E-state index in [4.69, 9.17) is 9.47 Å². The van der Waals surface area contributed by atoms with Gasteiger partial charge in [-0.15, -0.1) is 0 Å². The highest BCUT2D eigenvalue weighted by Gasteiger charge is 2.62. The Hall–Kier alpha value is -1.58.